The molecule has 0 heterocycles. The molecule has 0 aliphatic heterocycles. The van der Waals surface area contributed by atoms with E-state index in [2.05, 4.69) is 20.8 Å². The van der Waals surface area contributed by atoms with Crippen molar-refractivity contribution in [2.45, 2.75) is 40.0 Å². The highest BCUT2D eigenvalue weighted by Gasteiger charge is 2.58. The summed E-state index contributed by atoms with van der Waals surface area (Å²) in [6.45, 7) is 6.50. The summed E-state index contributed by atoms with van der Waals surface area (Å²) in [5.41, 5.74) is 0.300. The van der Waals surface area contributed by atoms with Gasteiger partial charge in [0.2, 0.25) is 0 Å². The van der Waals surface area contributed by atoms with Crippen LogP contribution < -0.4 is 0 Å². The van der Waals surface area contributed by atoms with Crippen molar-refractivity contribution in [1.29, 1.82) is 0 Å². The molecule has 1 nitrogen and oxygen atoms in total. The number of carbonyl (C=O) groups excluding carboxylic acids is 1. The standard InChI is InChI=1S/C10H16O/c1-9(2)8(11)4-7-5-10(9,3)6-7/h7H,4-6H2,1-3H3. The fourth-order valence-electron chi connectivity index (χ4n) is 2.72. The van der Waals surface area contributed by atoms with E-state index in [0.29, 0.717) is 11.2 Å². The van der Waals surface area contributed by atoms with Gasteiger partial charge in [-0.25, -0.2) is 0 Å². The van der Waals surface area contributed by atoms with Gasteiger partial charge >= 0.3 is 0 Å². The maximum atomic E-state index is 11.6. The molecule has 0 unspecified atom stereocenters. The van der Waals surface area contributed by atoms with Gasteiger partial charge in [0.25, 0.3) is 0 Å². The number of carbonyl (C=O) groups is 1. The lowest BCUT2D eigenvalue weighted by Gasteiger charge is -2.59. The molecule has 0 atom stereocenters. The molecule has 3 aliphatic rings. The molecule has 3 fully saturated rings. The van der Waals surface area contributed by atoms with Crippen LogP contribution in [0.2, 0.25) is 0 Å². The van der Waals surface area contributed by atoms with E-state index < -0.39 is 0 Å². The van der Waals surface area contributed by atoms with Crippen LogP contribution in [0, 0.1) is 16.7 Å². The first-order valence-corrected chi connectivity index (χ1v) is 4.49. The maximum Gasteiger partial charge on any atom is 0.139 e. The summed E-state index contributed by atoms with van der Waals surface area (Å²) in [5, 5.41) is 0. The third kappa shape index (κ3) is 0.692. The highest BCUT2D eigenvalue weighted by Crippen LogP contribution is 2.62. The molecule has 3 rings (SSSR count). The zero-order valence-corrected chi connectivity index (χ0v) is 7.61. The van der Waals surface area contributed by atoms with Crippen molar-refractivity contribution in [1.82, 2.24) is 0 Å². The Morgan fingerprint density at radius 1 is 1.27 bits per heavy atom. The number of ketones is 1. The number of hydrogen-bond acceptors (Lipinski definition) is 1. The summed E-state index contributed by atoms with van der Waals surface area (Å²) in [5.74, 6) is 1.23. The SMILES string of the molecule is CC12CC(CC(=O)C1(C)C)C2. The Morgan fingerprint density at radius 3 is 2.18 bits per heavy atom. The fraction of sp³-hybridized carbons (Fsp3) is 0.900. The van der Waals surface area contributed by atoms with Crippen molar-refractivity contribution in [2.75, 3.05) is 0 Å². The molecule has 62 valence electrons. The van der Waals surface area contributed by atoms with E-state index in [1.807, 2.05) is 0 Å². The van der Waals surface area contributed by atoms with Gasteiger partial charge in [-0.05, 0) is 24.2 Å². The molecule has 0 spiro atoms. The molecule has 0 saturated heterocycles. The summed E-state index contributed by atoms with van der Waals surface area (Å²) >= 11 is 0. The molecule has 3 aliphatic carbocycles. The van der Waals surface area contributed by atoms with Crippen molar-refractivity contribution in [3.8, 4) is 0 Å². The molecule has 0 N–H and O–H groups in total. The van der Waals surface area contributed by atoms with Crippen LogP contribution in [0.25, 0.3) is 0 Å². The Balaban J connectivity index is 2.34. The van der Waals surface area contributed by atoms with Crippen LogP contribution in [0.15, 0.2) is 0 Å². The lowest BCUT2D eigenvalue weighted by molar-refractivity contribution is -0.158. The first kappa shape index (κ1) is 7.33. The predicted molar refractivity (Wildman–Crippen MR) is 44.2 cm³/mol. The maximum absolute atomic E-state index is 11.6. The van der Waals surface area contributed by atoms with Gasteiger partial charge in [0.1, 0.15) is 5.78 Å². The third-order valence-electron chi connectivity index (χ3n) is 4.16. The van der Waals surface area contributed by atoms with Crippen LogP contribution in [0.4, 0.5) is 0 Å². The van der Waals surface area contributed by atoms with Crippen molar-refractivity contribution in [3.05, 3.63) is 0 Å². The van der Waals surface area contributed by atoms with Gasteiger partial charge in [-0.15, -0.1) is 0 Å². The second kappa shape index (κ2) is 1.70. The van der Waals surface area contributed by atoms with Gasteiger partial charge in [-0.1, -0.05) is 20.8 Å². The quantitative estimate of drug-likeness (QED) is 0.521. The van der Waals surface area contributed by atoms with E-state index >= 15 is 0 Å². The minimum atomic E-state index is -0.0399. The predicted octanol–water partition coefficient (Wildman–Crippen LogP) is 2.40. The van der Waals surface area contributed by atoms with Gasteiger partial charge in [0.15, 0.2) is 0 Å². The summed E-state index contributed by atoms with van der Waals surface area (Å²) in [6, 6.07) is 0. The first-order chi connectivity index (χ1) is 4.96. The van der Waals surface area contributed by atoms with E-state index in [1.165, 1.54) is 12.8 Å². The number of hydrogen-bond donors (Lipinski definition) is 0. The van der Waals surface area contributed by atoms with E-state index in [4.69, 9.17) is 0 Å². The molecule has 0 amide bonds. The molecule has 0 radical (unpaired) electrons. The molecular weight excluding hydrogens is 136 g/mol. The zero-order valence-electron chi connectivity index (χ0n) is 7.61. The van der Waals surface area contributed by atoms with Crippen LogP contribution in [0.1, 0.15) is 40.0 Å². The topological polar surface area (TPSA) is 17.1 Å². The smallest absolute Gasteiger partial charge is 0.139 e. The van der Waals surface area contributed by atoms with Gasteiger partial charge in [0, 0.05) is 11.8 Å². The minimum Gasteiger partial charge on any atom is -0.299 e. The summed E-state index contributed by atoms with van der Waals surface area (Å²) in [7, 11) is 0. The van der Waals surface area contributed by atoms with Gasteiger partial charge in [-0.3, -0.25) is 4.79 Å². The molecule has 0 aromatic heterocycles. The van der Waals surface area contributed by atoms with Crippen LogP contribution in [0.3, 0.4) is 0 Å². The van der Waals surface area contributed by atoms with Crippen molar-refractivity contribution in [3.63, 3.8) is 0 Å². The largest absolute Gasteiger partial charge is 0.299 e. The lowest BCUT2D eigenvalue weighted by atomic mass is 9.44. The summed E-state index contributed by atoms with van der Waals surface area (Å²) in [4.78, 5) is 11.6. The zero-order chi connectivity index (χ0) is 8.28. The second-order valence-corrected chi connectivity index (χ2v) is 5.09. The average Bonchev–Trinajstić information content (AvgIpc) is 1.79. The van der Waals surface area contributed by atoms with Crippen molar-refractivity contribution < 1.29 is 4.79 Å². The molecule has 1 heteroatoms. The highest BCUT2D eigenvalue weighted by molar-refractivity contribution is 5.87. The molecule has 0 aromatic rings. The second-order valence-electron chi connectivity index (χ2n) is 5.09. The Labute approximate surface area is 68.2 Å². The number of rotatable bonds is 0. The van der Waals surface area contributed by atoms with Crippen LogP contribution in [0.5, 0.6) is 0 Å². The Hall–Kier alpha value is -0.330. The molecule has 3 saturated carbocycles. The Kier molecular flexibility index (Phi) is 1.13. The monoisotopic (exact) mass is 152 g/mol. The fourth-order valence-corrected chi connectivity index (χ4v) is 2.72. The lowest BCUT2D eigenvalue weighted by Crippen LogP contribution is -2.56. The number of Topliss-reactive ketones (excluding diaryl/α,β-unsaturated/α-hetero) is 1. The van der Waals surface area contributed by atoms with E-state index in [-0.39, 0.29) is 5.41 Å². The van der Waals surface area contributed by atoms with Crippen LogP contribution >= 0.6 is 0 Å². The van der Waals surface area contributed by atoms with E-state index in [1.54, 1.807) is 0 Å². The summed E-state index contributed by atoms with van der Waals surface area (Å²) in [6.07, 6.45) is 3.42. The average molecular weight is 152 g/mol. The van der Waals surface area contributed by atoms with E-state index in [0.717, 1.165) is 12.3 Å². The van der Waals surface area contributed by atoms with Crippen molar-refractivity contribution in [2.24, 2.45) is 16.7 Å². The van der Waals surface area contributed by atoms with Crippen molar-refractivity contribution >= 4 is 5.78 Å². The Morgan fingerprint density at radius 2 is 1.82 bits per heavy atom. The van der Waals surface area contributed by atoms with Gasteiger partial charge < -0.3 is 0 Å². The van der Waals surface area contributed by atoms with Crippen LogP contribution in [-0.4, -0.2) is 5.78 Å². The summed E-state index contributed by atoms with van der Waals surface area (Å²) < 4.78 is 0. The normalized spacial score (nSPS) is 46.8. The van der Waals surface area contributed by atoms with Gasteiger partial charge in [0.05, 0.1) is 0 Å². The molecule has 2 bridgehead atoms. The molecular formula is C10H16O. The first-order valence-electron chi connectivity index (χ1n) is 4.49. The molecule has 0 aromatic carbocycles. The van der Waals surface area contributed by atoms with Crippen LogP contribution in [-0.2, 0) is 4.79 Å². The number of fused-ring (bicyclic) bond motifs is 2. The van der Waals surface area contributed by atoms with E-state index in [9.17, 15) is 4.79 Å². The third-order valence-corrected chi connectivity index (χ3v) is 4.16. The Bertz CT molecular complexity index is 209. The highest BCUT2D eigenvalue weighted by atomic mass is 16.1. The minimum absolute atomic E-state index is 0.0399. The van der Waals surface area contributed by atoms with Gasteiger partial charge in [-0.2, -0.15) is 0 Å². The molecule has 11 heavy (non-hydrogen) atoms.